The molecule has 0 heterocycles. The summed E-state index contributed by atoms with van der Waals surface area (Å²) in [6.07, 6.45) is 0. The minimum absolute atomic E-state index is 0.0336. The van der Waals surface area contributed by atoms with E-state index >= 15 is 0 Å². The highest BCUT2D eigenvalue weighted by molar-refractivity contribution is 8.00. The maximum Gasteiger partial charge on any atom is 0.441 e. The summed E-state index contributed by atoms with van der Waals surface area (Å²) in [5.74, 6) is -0.320. The van der Waals surface area contributed by atoms with Gasteiger partial charge in [-0.05, 0) is 29.5 Å². The third-order valence-electron chi connectivity index (χ3n) is 2.00. The number of thioether (sulfide) groups is 1. The van der Waals surface area contributed by atoms with Crippen molar-refractivity contribution in [1.29, 1.82) is 0 Å². The smallest absolute Gasteiger partial charge is 0.351 e. The van der Waals surface area contributed by atoms with E-state index in [4.69, 9.17) is 11.6 Å². The van der Waals surface area contributed by atoms with Crippen molar-refractivity contribution in [3.05, 3.63) is 35.4 Å². The molecule has 0 aromatic heterocycles. The van der Waals surface area contributed by atoms with Gasteiger partial charge in [0.25, 0.3) is 5.91 Å². The lowest BCUT2D eigenvalue weighted by atomic mass is 10.1. The summed E-state index contributed by atoms with van der Waals surface area (Å²) in [6.45, 7) is -0.0336. The highest BCUT2D eigenvalue weighted by Gasteiger charge is 2.27. The van der Waals surface area contributed by atoms with Gasteiger partial charge in [0.15, 0.2) is 0 Å². The average molecular weight is 298 g/mol. The second kappa shape index (κ2) is 6.89. The Bertz CT molecular complexity index is 412. The SMILES string of the molecule is O=C(NCCSC(F)(F)F)c1cccc(CCl)c1. The lowest BCUT2D eigenvalue weighted by molar-refractivity contribution is -0.0327. The van der Waals surface area contributed by atoms with Gasteiger partial charge in [-0.1, -0.05) is 12.1 Å². The summed E-state index contributed by atoms with van der Waals surface area (Å²) >= 11 is 5.46. The summed E-state index contributed by atoms with van der Waals surface area (Å²) in [7, 11) is 0. The van der Waals surface area contributed by atoms with E-state index in [-0.39, 0.29) is 29.9 Å². The van der Waals surface area contributed by atoms with E-state index < -0.39 is 11.4 Å². The van der Waals surface area contributed by atoms with Crippen LogP contribution in [0.2, 0.25) is 0 Å². The second-order valence-corrected chi connectivity index (χ2v) is 4.81. The van der Waals surface area contributed by atoms with Gasteiger partial charge < -0.3 is 5.32 Å². The quantitative estimate of drug-likeness (QED) is 0.666. The summed E-state index contributed by atoms with van der Waals surface area (Å²) < 4.78 is 35.5. The monoisotopic (exact) mass is 297 g/mol. The van der Waals surface area contributed by atoms with Crippen molar-refractivity contribution in [2.24, 2.45) is 0 Å². The van der Waals surface area contributed by atoms with Crippen molar-refractivity contribution in [3.8, 4) is 0 Å². The van der Waals surface area contributed by atoms with Crippen LogP contribution in [-0.4, -0.2) is 23.7 Å². The average Bonchev–Trinajstić information content (AvgIpc) is 2.33. The number of hydrogen-bond donors (Lipinski definition) is 1. The van der Waals surface area contributed by atoms with Gasteiger partial charge in [0.05, 0.1) is 0 Å². The van der Waals surface area contributed by atoms with Crippen molar-refractivity contribution < 1.29 is 18.0 Å². The van der Waals surface area contributed by atoms with E-state index in [1.54, 1.807) is 24.3 Å². The number of rotatable bonds is 5. The Hall–Kier alpha value is -0.880. The van der Waals surface area contributed by atoms with Crippen LogP contribution < -0.4 is 5.32 Å². The highest BCUT2D eigenvalue weighted by atomic mass is 35.5. The molecule has 0 unspecified atom stereocenters. The molecule has 1 N–H and O–H groups in total. The van der Waals surface area contributed by atoms with E-state index in [1.807, 2.05) is 0 Å². The van der Waals surface area contributed by atoms with Crippen LogP contribution in [0.25, 0.3) is 0 Å². The number of hydrogen-bond acceptors (Lipinski definition) is 2. The molecular formula is C11H11ClF3NOS. The number of alkyl halides is 4. The standard InChI is InChI=1S/C11H11ClF3NOS/c12-7-8-2-1-3-9(6-8)10(17)16-4-5-18-11(13,14)15/h1-3,6H,4-5,7H2,(H,16,17). The van der Waals surface area contributed by atoms with Gasteiger partial charge in [-0.3, -0.25) is 4.79 Å². The van der Waals surface area contributed by atoms with Crippen molar-refractivity contribution in [1.82, 2.24) is 5.32 Å². The molecule has 0 bridgehead atoms. The van der Waals surface area contributed by atoms with Crippen molar-refractivity contribution in [2.45, 2.75) is 11.4 Å². The zero-order chi connectivity index (χ0) is 13.6. The first-order valence-corrected chi connectivity index (χ1v) is 6.58. The third-order valence-corrected chi connectivity index (χ3v) is 3.04. The fourth-order valence-electron chi connectivity index (χ4n) is 1.23. The fraction of sp³-hybridized carbons (Fsp3) is 0.364. The van der Waals surface area contributed by atoms with Crippen LogP contribution in [-0.2, 0) is 5.88 Å². The van der Waals surface area contributed by atoms with Crippen LogP contribution in [0.15, 0.2) is 24.3 Å². The fourth-order valence-corrected chi connectivity index (χ4v) is 1.83. The first-order valence-electron chi connectivity index (χ1n) is 5.06. The first kappa shape index (κ1) is 15.2. The van der Waals surface area contributed by atoms with Crippen LogP contribution in [0.1, 0.15) is 15.9 Å². The van der Waals surface area contributed by atoms with Crippen LogP contribution in [0, 0.1) is 0 Å². The molecule has 1 aromatic rings. The Labute approximate surface area is 112 Å². The largest absolute Gasteiger partial charge is 0.441 e. The first-order chi connectivity index (χ1) is 8.42. The van der Waals surface area contributed by atoms with Gasteiger partial charge in [0.2, 0.25) is 0 Å². The summed E-state index contributed by atoms with van der Waals surface area (Å²) in [4.78, 5) is 11.6. The predicted molar refractivity (Wildman–Crippen MR) is 66.8 cm³/mol. The molecule has 18 heavy (non-hydrogen) atoms. The Morgan fingerprint density at radius 1 is 1.39 bits per heavy atom. The second-order valence-electron chi connectivity index (χ2n) is 3.38. The molecule has 1 amide bonds. The third kappa shape index (κ3) is 5.64. The molecule has 0 atom stereocenters. The van der Waals surface area contributed by atoms with Crippen LogP contribution >= 0.6 is 23.4 Å². The Morgan fingerprint density at radius 3 is 2.72 bits per heavy atom. The van der Waals surface area contributed by atoms with Crippen LogP contribution in [0.5, 0.6) is 0 Å². The highest BCUT2D eigenvalue weighted by Crippen LogP contribution is 2.29. The van der Waals surface area contributed by atoms with Crippen LogP contribution in [0.3, 0.4) is 0 Å². The summed E-state index contributed by atoms with van der Waals surface area (Å²) in [5.41, 5.74) is -3.08. The van der Waals surface area contributed by atoms with E-state index in [0.29, 0.717) is 5.56 Å². The van der Waals surface area contributed by atoms with Crippen molar-refractivity contribution >= 4 is 29.3 Å². The topological polar surface area (TPSA) is 29.1 Å². The Kier molecular flexibility index (Phi) is 5.81. The van der Waals surface area contributed by atoms with Crippen molar-refractivity contribution in [2.75, 3.05) is 12.3 Å². The number of halogens is 4. The molecule has 0 aliphatic rings. The molecule has 0 radical (unpaired) electrons. The van der Waals surface area contributed by atoms with E-state index in [9.17, 15) is 18.0 Å². The van der Waals surface area contributed by atoms with Gasteiger partial charge >= 0.3 is 5.51 Å². The van der Waals surface area contributed by atoms with E-state index in [2.05, 4.69) is 5.32 Å². The molecule has 2 nitrogen and oxygen atoms in total. The van der Waals surface area contributed by atoms with Gasteiger partial charge in [-0.15, -0.1) is 11.6 Å². The zero-order valence-corrected chi connectivity index (χ0v) is 10.8. The zero-order valence-electron chi connectivity index (χ0n) is 9.26. The molecule has 7 heteroatoms. The molecule has 0 aliphatic carbocycles. The molecule has 1 aromatic carbocycles. The maximum absolute atomic E-state index is 11.8. The van der Waals surface area contributed by atoms with E-state index in [1.165, 1.54) is 0 Å². The molecule has 0 spiro atoms. The minimum atomic E-state index is -4.26. The molecule has 0 saturated carbocycles. The van der Waals surface area contributed by atoms with E-state index in [0.717, 1.165) is 5.56 Å². The molecule has 0 saturated heterocycles. The molecular weight excluding hydrogens is 287 g/mol. The van der Waals surface area contributed by atoms with Gasteiger partial charge in [-0.25, -0.2) is 0 Å². The Balaban J connectivity index is 2.41. The molecule has 100 valence electrons. The maximum atomic E-state index is 11.8. The number of carbonyl (C=O) groups is 1. The van der Waals surface area contributed by atoms with Gasteiger partial charge in [-0.2, -0.15) is 13.2 Å². The lowest BCUT2D eigenvalue weighted by Crippen LogP contribution is -2.26. The predicted octanol–water partition coefficient (Wildman–Crippen LogP) is 3.41. The van der Waals surface area contributed by atoms with Crippen LogP contribution in [0.4, 0.5) is 13.2 Å². The lowest BCUT2D eigenvalue weighted by Gasteiger charge is -2.07. The molecule has 0 aliphatic heterocycles. The van der Waals surface area contributed by atoms with Gasteiger partial charge in [0.1, 0.15) is 0 Å². The summed E-state index contributed by atoms with van der Waals surface area (Å²) in [6, 6.07) is 6.64. The minimum Gasteiger partial charge on any atom is -0.351 e. The normalized spacial score (nSPS) is 11.3. The number of benzene rings is 1. The number of amides is 1. The van der Waals surface area contributed by atoms with Crippen molar-refractivity contribution in [3.63, 3.8) is 0 Å². The molecule has 1 rings (SSSR count). The molecule has 0 fully saturated rings. The van der Waals surface area contributed by atoms with Gasteiger partial charge in [0, 0.05) is 23.7 Å². The number of carbonyl (C=O) groups excluding carboxylic acids is 1. The summed E-state index contributed by atoms with van der Waals surface area (Å²) in [5, 5.41) is 2.42. The number of nitrogens with one attached hydrogen (secondary N) is 1. The Morgan fingerprint density at radius 2 is 2.11 bits per heavy atom.